The van der Waals surface area contributed by atoms with Gasteiger partial charge in [-0.3, -0.25) is 9.00 Å². The standard InChI is InChI=1S/C17H23ClO3S/c1-12-3-9-15(10-4-12)22(20)16(17(19)21-2)14-7-5-13(11-18)6-8-14/h3-4,9-10,13-14,16H,5-8,11H2,1-2H3. The van der Waals surface area contributed by atoms with Crippen molar-refractivity contribution in [3.05, 3.63) is 29.8 Å². The molecule has 2 rings (SSSR count). The first-order chi connectivity index (χ1) is 10.6. The fourth-order valence-corrected chi connectivity index (χ4v) is 4.93. The van der Waals surface area contributed by atoms with Crippen molar-refractivity contribution in [2.24, 2.45) is 11.8 Å². The lowest BCUT2D eigenvalue weighted by Crippen LogP contribution is -2.37. The molecule has 0 aliphatic heterocycles. The van der Waals surface area contributed by atoms with Crippen molar-refractivity contribution >= 4 is 28.4 Å². The van der Waals surface area contributed by atoms with Crippen molar-refractivity contribution in [2.45, 2.75) is 42.8 Å². The molecule has 0 spiro atoms. The van der Waals surface area contributed by atoms with Gasteiger partial charge in [-0.15, -0.1) is 11.6 Å². The van der Waals surface area contributed by atoms with E-state index in [4.69, 9.17) is 16.3 Å². The Balaban J connectivity index is 2.17. The molecular formula is C17H23ClO3S. The number of esters is 1. The van der Waals surface area contributed by atoms with Crippen LogP contribution in [0.25, 0.3) is 0 Å². The molecule has 0 amide bonds. The lowest BCUT2D eigenvalue weighted by molar-refractivity contribution is -0.141. The Hall–Kier alpha value is -0.870. The van der Waals surface area contributed by atoms with E-state index in [0.29, 0.717) is 16.7 Å². The van der Waals surface area contributed by atoms with E-state index in [2.05, 4.69) is 0 Å². The predicted octanol–water partition coefficient (Wildman–Crippen LogP) is 3.69. The number of carbonyl (C=O) groups excluding carboxylic acids is 1. The third-order valence-corrected chi connectivity index (χ3v) is 6.67. The maximum absolute atomic E-state index is 12.9. The molecule has 0 saturated heterocycles. The van der Waals surface area contributed by atoms with Gasteiger partial charge in [-0.25, -0.2) is 0 Å². The molecule has 122 valence electrons. The van der Waals surface area contributed by atoms with Gasteiger partial charge >= 0.3 is 5.97 Å². The Kier molecular flexibility index (Phi) is 6.45. The number of carbonyl (C=O) groups is 1. The summed E-state index contributed by atoms with van der Waals surface area (Å²) in [4.78, 5) is 12.9. The highest BCUT2D eigenvalue weighted by Crippen LogP contribution is 2.35. The molecule has 1 fully saturated rings. The molecule has 0 N–H and O–H groups in total. The predicted molar refractivity (Wildman–Crippen MR) is 89.6 cm³/mol. The molecule has 22 heavy (non-hydrogen) atoms. The molecule has 5 heteroatoms. The summed E-state index contributed by atoms with van der Waals surface area (Å²) in [5, 5.41) is -0.580. The molecule has 0 aromatic heterocycles. The first-order valence-electron chi connectivity index (χ1n) is 7.67. The van der Waals surface area contributed by atoms with E-state index >= 15 is 0 Å². The summed E-state index contributed by atoms with van der Waals surface area (Å²) in [6.45, 7) is 1.98. The summed E-state index contributed by atoms with van der Waals surface area (Å²) in [7, 11) is -0.0106. The van der Waals surface area contributed by atoms with Crippen LogP contribution in [-0.4, -0.2) is 28.4 Å². The molecular weight excluding hydrogens is 320 g/mol. The number of hydrogen-bond acceptors (Lipinski definition) is 3. The summed E-state index contributed by atoms with van der Waals surface area (Å²) in [5.74, 6) is 0.919. The number of halogens is 1. The van der Waals surface area contributed by atoms with Crippen molar-refractivity contribution in [2.75, 3.05) is 13.0 Å². The van der Waals surface area contributed by atoms with E-state index in [1.807, 2.05) is 31.2 Å². The highest BCUT2D eigenvalue weighted by Gasteiger charge is 2.37. The van der Waals surface area contributed by atoms with Crippen LogP contribution in [0, 0.1) is 18.8 Å². The Morgan fingerprint density at radius 1 is 1.27 bits per heavy atom. The first kappa shape index (κ1) is 17.5. The molecule has 0 bridgehead atoms. The van der Waals surface area contributed by atoms with Crippen molar-refractivity contribution < 1.29 is 13.7 Å². The lowest BCUT2D eigenvalue weighted by Gasteiger charge is -2.31. The van der Waals surface area contributed by atoms with Gasteiger partial charge in [-0.05, 0) is 56.6 Å². The molecule has 3 nitrogen and oxygen atoms in total. The highest BCUT2D eigenvalue weighted by atomic mass is 35.5. The second-order valence-electron chi connectivity index (χ2n) is 5.99. The topological polar surface area (TPSA) is 43.4 Å². The van der Waals surface area contributed by atoms with Crippen LogP contribution < -0.4 is 0 Å². The van der Waals surface area contributed by atoms with Gasteiger partial charge in [0.2, 0.25) is 0 Å². The molecule has 0 heterocycles. The minimum Gasteiger partial charge on any atom is -0.468 e. The zero-order valence-electron chi connectivity index (χ0n) is 13.1. The lowest BCUT2D eigenvalue weighted by atomic mass is 9.81. The largest absolute Gasteiger partial charge is 0.468 e. The van der Waals surface area contributed by atoms with Gasteiger partial charge < -0.3 is 4.74 Å². The molecule has 0 radical (unpaired) electrons. The molecule has 2 atom stereocenters. The summed E-state index contributed by atoms with van der Waals surface area (Å²) in [6, 6.07) is 7.52. The van der Waals surface area contributed by atoms with Crippen LogP contribution >= 0.6 is 11.6 Å². The fraction of sp³-hybridized carbons (Fsp3) is 0.588. The van der Waals surface area contributed by atoms with Crippen LogP contribution in [0.3, 0.4) is 0 Å². The maximum atomic E-state index is 12.9. The van der Waals surface area contributed by atoms with Crippen LogP contribution in [0.2, 0.25) is 0 Å². The number of hydrogen-bond donors (Lipinski definition) is 0. The normalized spacial score (nSPS) is 24.5. The molecule has 1 aliphatic rings. The molecule has 2 unspecified atom stereocenters. The van der Waals surface area contributed by atoms with Crippen LogP contribution in [0.5, 0.6) is 0 Å². The van der Waals surface area contributed by atoms with Crippen LogP contribution in [0.4, 0.5) is 0 Å². The monoisotopic (exact) mass is 342 g/mol. The van der Waals surface area contributed by atoms with Gasteiger partial charge in [-0.2, -0.15) is 0 Å². The minimum absolute atomic E-state index is 0.106. The number of aryl methyl sites for hydroxylation is 1. The Labute approximate surface area is 139 Å². The van der Waals surface area contributed by atoms with Gasteiger partial charge in [-0.1, -0.05) is 17.7 Å². The third-order valence-electron chi connectivity index (χ3n) is 4.46. The zero-order valence-corrected chi connectivity index (χ0v) is 14.7. The Morgan fingerprint density at radius 2 is 1.86 bits per heavy atom. The second kappa shape index (κ2) is 8.11. The van der Waals surface area contributed by atoms with Crippen LogP contribution in [-0.2, 0) is 20.3 Å². The Morgan fingerprint density at radius 3 is 2.36 bits per heavy atom. The quantitative estimate of drug-likeness (QED) is 0.605. The van der Waals surface area contributed by atoms with Crippen molar-refractivity contribution in [1.29, 1.82) is 0 Å². The third kappa shape index (κ3) is 4.11. The summed E-state index contributed by atoms with van der Waals surface area (Å²) >= 11 is 5.92. The number of benzene rings is 1. The van der Waals surface area contributed by atoms with Crippen molar-refractivity contribution in [1.82, 2.24) is 0 Å². The Bertz CT molecular complexity index is 521. The average Bonchev–Trinajstić information content (AvgIpc) is 2.56. The number of rotatable bonds is 5. The summed E-state index contributed by atoms with van der Waals surface area (Å²) in [5.41, 5.74) is 1.11. The van der Waals surface area contributed by atoms with Gasteiger partial charge in [0.05, 0.1) is 17.9 Å². The second-order valence-corrected chi connectivity index (χ2v) is 7.87. The van der Waals surface area contributed by atoms with Gasteiger partial charge in [0.25, 0.3) is 0 Å². The fourth-order valence-electron chi connectivity index (χ4n) is 3.04. The number of methoxy groups -OCH3 is 1. The van der Waals surface area contributed by atoms with E-state index in [1.165, 1.54) is 7.11 Å². The average molecular weight is 343 g/mol. The van der Waals surface area contributed by atoms with Gasteiger partial charge in [0, 0.05) is 10.8 Å². The first-order valence-corrected chi connectivity index (χ1v) is 9.42. The van der Waals surface area contributed by atoms with E-state index in [-0.39, 0.29) is 11.9 Å². The van der Waals surface area contributed by atoms with Crippen LogP contribution in [0.1, 0.15) is 31.2 Å². The molecule has 1 saturated carbocycles. The van der Waals surface area contributed by atoms with Crippen LogP contribution in [0.15, 0.2) is 29.2 Å². The maximum Gasteiger partial charge on any atom is 0.322 e. The molecule has 1 aromatic rings. The molecule has 1 aliphatic carbocycles. The molecule has 1 aromatic carbocycles. The summed E-state index contributed by atoms with van der Waals surface area (Å²) in [6.07, 6.45) is 3.75. The van der Waals surface area contributed by atoms with Gasteiger partial charge in [0.1, 0.15) is 5.25 Å². The van der Waals surface area contributed by atoms with E-state index in [9.17, 15) is 9.00 Å². The zero-order chi connectivity index (χ0) is 16.1. The number of alkyl halides is 1. The van der Waals surface area contributed by atoms with Gasteiger partial charge in [0.15, 0.2) is 0 Å². The SMILES string of the molecule is COC(=O)C(C1CCC(CCl)CC1)S(=O)c1ccc(C)cc1. The number of ether oxygens (including phenoxy) is 1. The van der Waals surface area contributed by atoms with E-state index < -0.39 is 16.0 Å². The van der Waals surface area contributed by atoms with Crippen molar-refractivity contribution in [3.8, 4) is 0 Å². The highest BCUT2D eigenvalue weighted by molar-refractivity contribution is 7.86. The van der Waals surface area contributed by atoms with Crippen molar-refractivity contribution in [3.63, 3.8) is 0 Å². The minimum atomic E-state index is -1.38. The van der Waals surface area contributed by atoms with E-state index in [1.54, 1.807) is 0 Å². The summed E-state index contributed by atoms with van der Waals surface area (Å²) < 4.78 is 17.8. The van der Waals surface area contributed by atoms with E-state index in [0.717, 1.165) is 31.2 Å². The smallest absolute Gasteiger partial charge is 0.322 e.